The first-order chi connectivity index (χ1) is 16.0. The third-order valence-corrected chi connectivity index (χ3v) is 6.72. The SMILES string of the molecule is Cn1cc(C2=C(c3cn(C)c4cc(N5CCOCC5)ccc34)C(=O)NC2=O)c2ccccc21. The molecule has 0 saturated carbocycles. The van der Waals surface area contributed by atoms with E-state index in [0.717, 1.165) is 64.9 Å². The molecular weight excluding hydrogens is 416 g/mol. The highest BCUT2D eigenvalue weighted by Crippen LogP contribution is 2.39. The van der Waals surface area contributed by atoms with Crippen molar-refractivity contribution < 1.29 is 14.3 Å². The maximum atomic E-state index is 13.1. The highest BCUT2D eigenvalue weighted by atomic mass is 16.5. The summed E-state index contributed by atoms with van der Waals surface area (Å²) in [6, 6.07) is 14.2. The molecule has 0 aliphatic carbocycles. The molecule has 2 aromatic heterocycles. The van der Waals surface area contributed by atoms with Gasteiger partial charge < -0.3 is 18.8 Å². The van der Waals surface area contributed by atoms with Gasteiger partial charge in [0, 0.05) is 72.7 Å². The van der Waals surface area contributed by atoms with Gasteiger partial charge in [-0.25, -0.2) is 0 Å². The summed E-state index contributed by atoms with van der Waals surface area (Å²) in [5.41, 5.74) is 5.57. The van der Waals surface area contributed by atoms with Crippen molar-refractivity contribution in [3.8, 4) is 0 Å². The van der Waals surface area contributed by atoms with Gasteiger partial charge in [0.05, 0.1) is 29.9 Å². The number of imide groups is 1. The van der Waals surface area contributed by atoms with Gasteiger partial charge in [-0.15, -0.1) is 0 Å². The van der Waals surface area contributed by atoms with Crippen LogP contribution in [0.2, 0.25) is 0 Å². The number of para-hydroxylation sites is 1. The lowest BCUT2D eigenvalue weighted by molar-refractivity contribution is -0.122. The molecule has 7 nitrogen and oxygen atoms in total. The van der Waals surface area contributed by atoms with Gasteiger partial charge >= 0.3 is 0 Å². The number of aryl methyl sites for hydroxylation is 2. The molecule has 4 aromatic rings. The molecule has 166 valence electrons. The number of nitrogens with zero attached hydrogens (tertiary/aromatic N) is 3. The van der Waals surface area contributed by atoms with Crippen LogP contribution in [-0.4, -0.2) is 47.3 Å². The fourth-order valence-corrected chi connectivity index (χ4v) is 5.10. The van der Waals surface area contributed by atoms with Crippen LogP contribution in [0.25, 0.3) is 33.0 Å². The molecule has 0 bridgehead atoms. The summed E-state index contributed by atoms with van der Waals surface area (Å²) in [4.78, 5) is 28.4. The maximum Gasteiger partial charge on any atom is 0.259 e. The Morgan fingerprint density at radius 1 is 0.788 bits per heavy atom. The number of carbonyl (C=O) groups is 2. The highest BCUT2D eigenvalue weighted by Gasteiger charge is 2.35. The van der Waals surface area contributed by atoms with Crippen LogP contribution in [0.1, 0.15) is 11.1 Å². The number of aromatic nitrogens is 2. The molecule has 2 aliphatic heterocycles. The van der Waals surface area contributed by atoms with Crippen molar-refractivity contribution in [2.75, 3.05) is 31.2 Å². The molecule has 33 heavy (non-hydrogen) atoms. The van der Waals surface area contributed by atoms with Crippen LogP contribution >= 0.6 is 0 Å². The lowest BCUT2D eigenvalue weighted by atomic mass is 9.95. The fourth-order valence-electron chi connectivity index (χ4n) is 5.10. The molecule has 1 N–H and O–H groups in total. The van der Waals surface area contributed by atoms with Gasteiger partial charge in [0.2, 0.25) is 0 Å². The zero-order valence-corrected chi connectivity index (χ0v) is 18.6. The first-order valence-electron chi connectivity index (χ1n) is 11.1. The van der Waals surface area contributed by atoms with Crippen LogP contribution in [0.4, 0.5) is 5.69 Å². The number of fused-ring (bicyclic) bond motifs is 2. The Bertz CT molecular complexity index is 1480. The number of carbonyl (C=O) groups excluding carboxylic acids is 2. The van der Waals surface area contributed by atoms with Crippen LogP contribution in [-0.2, 0) is 28.4 Å². The van der Waals surface area contributed by atoms with E-state index in [1.807, 2.05) is 59.9 Å². The van der Waals surface area contributed by atoms with Crippen molar-refractivity contribution >= 4 is 50.5 Å². The summed E-state index contributed by atoms with van der Waals surface area (Å²) in [6.45, 7) is 3.16. The molecule has 0 spiro atoms. The molecule has 6 rings (SSSR count). The molecule has 2 aliphatic rings. The average molecular weight is 441 g/mol. The molecule has 0 unspecified atom stereocenters. The quantitative estimate of drug-likeness (QED) is 0.497. The van der Waals surface area contributed by atoms with Gasteiger partial charge in [0.1, 0.15) is 0 Å². The molecule has 0 radical (unpaired) electrons. The first-order valence-corrected chi connectivity index (χ1v) is 11.1. The molecule has 0 atom stereocenters. The smallest absolute Gasteiger partial charge is 0.259 e. The highest BCUT2D eigenvalue weighted by molar-refractivity contribution is 6.50. The Balaban J connectivity index is 1.56. The Labute approximate surface area is 190 Å². The summed E-state index contributed by atoms with van der Waals surface area (Å²) in [5.74, 6) is -0.707. The Hall–Kier alpha value is -3.84. The van der Waals surface area contributed by atoms with E-state index >= 15 is 0 Å². The van der Waals surface area contributed by atoms with Crippen LogP contribution in [0.5, 0.6) is 0 Å². The van der Waals surface area contributed by atoms with Gasteiger partial charge in [0.15, 0.2) is 0 Å². The predicted octanol–water partition coefficient (Wildman–Crippen LogP) is 3.07. The summed E-state index contributed by atoms with van der Waals surface area (Å²) in [7, 11) is 3.92. The van der Waals surface area contributed by atoms with Gasteiger partial charge in [0.25, 0.3) is 11.8 Å². The molecule has 2 aromatic carbocycles. The van der Waals surface area contributed by atoms with Gasteiger partial charge in [-0.1, -0.05) is 24.3 Å². The monoisotopic (exact) mass is 440 g/mol. The van der Waals surface area contributed by atoms with Crippen molar-refractivity contribution in [1.82, 2.24) is 14.5 Å². The number of hydrogen-bond donors (Lipinski definition) is 1. The van der Waals surface area contributed by atoms with Crippen molar-refractivity contribution in [1.29, 1.82) is 0 Å². The van der Waals surface area contributed by atoms with E-state index in [9.17, 15) is 9.59 Å². The standard InChI is InChI=1S/C26H24N4O3/c1-28-14-19(17-5-3-4-6-21(17)28)23-24(26(32)27-25(23)31)20-15-29(2)22-13-16(7-8-18(20)22)30-9-11-33-12-10-30/h3-8,13-15H,9-12H2,1-2H3,(H,27,31,32). The largest absolute Gasteiger partial charge is 0.378 e. The van der Waals surface area contributed by atoms with Crippen LogP contribution in [0.3, 0.4) is 0 Å². The number of hydrogen-bond acceptors (Lipinski definition) is 4. The zero-order chi connectivity index (χ0) is 22.7. The minimum Gasteiger partial charge on any atom is -0.378 e. The lowest BCUT2D eigenvalue weighted by Gasteiger charge is -2.29. The molecule has 1 saturated heterocycles. The van der Waals surface area contributed by atoms with Crippen molar-refractivity contribution in [2.24, 2.45) is 14.1 Å². The van der Waals surface area contributed by atoms with Crippen molar-refractivity contribution in [3.05, 3.63) is 66.0 Å². The number of nitrogens with one attached hydrogen (secondary N) is 1. The molecular formula is C26H24N4O3. The second-order valence-corrected chi connectivity index (χ2v) is 8.66. The minimum atomic E-state index is -0.354. The topological polar surface area (TPSA) is 68.5 Å². The minimum absolute atomic E-state index is 0.353. The molecule has 7 heteroatoms. The summed E-state index contributed by atoms with van der Waals surface area (Å²) < 4.78 is 9.50. The Morgan fingerprint density at radius 3 is 2.09 bits per heavy atom. The number of ether oxygens (including phenoxy) is 1. The van der Waals surface area contributed by atoms with Crippen molar-refractivity contribution in [2.45, 2.75) is 0 Å². The number of rotatable bonds is 3. The van der Waals surface area contributed by atoms with E-state index in [-0.39, 0.29) is 11.8 Å². The van der Waals surface area contributed by atoms with Gasteiger partial charge in [-0.05, 0) is 18.2 Å². The Kier molecular flexibility index (Phi) is 4.41. The van der Waals surface area contributed by atoms with Gasteiger partial charge in [-0.2, -0.15) is 0 Å². The summed E-state index contributed by atoms with van der Waals surface area (Å²) in [6.07, 6.45) is 3.88. The predicted molar refractivity (Wildman–Crippen MR) is 129 cm³/mol. The fraction of sp³-hybridized carbons (Fsp3) is 0.231. The van der Waals surface area contributed by atoms with E-state index in [0.29, 0.717) is 11.1 Å². The van der Waals surface area contributed by atoms with E-state index in [1.165, 1.54) is 0 Å². The number of amides is 2. The Morgan fingerprint density at radius 2 is 1.39 bits per heavy atom. The molecule has 4 heterocycles. The molecule has 2 amide bonds. The van der Waals surface area contributed by atoms with E-state index < -0.39 is 0 Å². The third-order valence-electron chi connectivity index (χ3n) is 6.72. The number of anilines is 1. The second kappa shape index (κ2) is 7.35. The average Bonchev–Trinajstić information content (AvgIpc) is 3.44. The second-order valence-electron chi connectivity index (χ2n) is 8.66. The maximum absolute atomic E-state index is 13.1. The number of morpholine rings is 1. The van der Waals surface area contributed by atoms with Crippen molar-refractivity contribution in [3.63, 3.8) is 0 Å². The summed E-state index contributed by atoms with van der Waals surface area (Å²) >= 11 is 0. The number of benzene rings is 2. The van der Waals surface area contributed by atoms with E-state index in [4.69, 9.17) is 4.74 Å². The summed E-state index contributed by atoms with van der Waals surface area (Å²) in [5, 5.41) is 4.43. The lowest BCUT2D eigenvalue weighted by Crippen LogP contribution is -2.36. The first kappa shape index (κ1) is 19.8. The zero-order valence-electron chi connectivity index (χ0n) is 18.6. The molecule has 1 fully saturated rings. The van der Waals surface area contributed by atoms with Crippen LogP contribution < -0.4 is 10.2 Å². The van der Waals surface area contributed by atoms with Crippen LogP contribution in [0.15, 0.2) is 54.9 Å². The van der Waals surface area contributed by atoms with E-state index in [1.54, 1.807) is 0 Å². The van der Waals surface area contributed by atoms with E-state index in [2.05, 4.69) is 28.4 Å². The van der Waals surface area contributed by atoms with Crippen LogP contribution in [0, 0.1) is 0 Å². The van der Waals surface area contributed by atoms with Gasteiger partial charge in [-0.3, -0.25) is 14.9 Å². The normalized spacial score (nSPS) is 17.0. The third kappa shape index (κ3) is 3.00.